The molecule has 0 aromatic heterocycles. The highest BCUT2D eigenvalue weighted by Crippen LogP contribution is 2.26. The van der Waals surface area contributed by atoms with Gasteiger partial charge in [0.2, 0.25) is 11.8 Å². The summed E-state index contributed by atoms with van der Waals surface area (Å²) >= 11 is 0. The molecule has 1 unspecified atom stereocenters. The minimum atomic E-state index is -4.12. The average molecular weight is 612 g/mol. The molecule has 4 aromatic rings. The van der Waals surface area contributed by atoms with Crippen molar-refractivity contribution in [2.45, 2.75) is 51.6 Å². The van der Waals surface area contributed by atoms with Gasteiger partial charge < -0.3 is 10.2 Å². The number of carbonyl (C=O) groups is 2. The number of aryl methyl sites for hydroxylation is 2. The van der Waals surface area contributed by atoms with E-state index in [2.05, 4.69) is 5.32 Å². The lowest BCUT2D eigenvalue weighted by Crippen LogP contribution is -2.53. The normalized spacial score (nSPS) is 12.0. The van der Waals surface area contributed by atoms with Crippen LogP contribution in [-0.4, -0.2) is 44.3 Å². The molecule has 1 atom stereocenters. The zero-order valence-corrected chi connectivity index (χ0v) is 26.6. The van der Waals surface area contributed by atoms with Crippen LogP contribution in [0.15, 0.2) is 114 Å². The van der Waals surface area contributed by atoms with Gasteiger partial charge in [-0.3, -0.25) is 13.9 Å². The smallest absolute Gasteiger partial charge is 0.264 e. The monoisotopic (exact) mass is 611 g/mol. The zero-order valence-electron chi connectivity index (χ0n) is 25.8. The zero-order chi connectivity index (χ0) is 31.7. The van der Waals surface area contributed by atoms with Crippen molar-refractivity contribution in [1.29, 1.82) is 0 Å². The van der Waals surface area contributed by atoms with Crippen molar-refractivity contribution in [1.82, 2.24) is 10.2 Å². The number of hydrogen-bond donors (Lipinski definition) is 1. The summed E-state index contributed by atoms with van der Waals surface area (Å²) in [5.41, 5.74) is 4.00. The van der Waals surface area contributed by atoms with Gasteiger partial charge in [0, 0.05) is 19.5 Å². The van der Waals surface area contributed by atoms with E-state index in [1.807, 2.05) is 88.4 Å². The second-order valence-electron chi connectivity index (χ2n) is 11.5. The second kappa shape index (κ2) is 14.8. The quantitative estimate of drug-likeness (QED) is 0.204. The van der Waals surface area contributed by atoms with Crippen molar-refractivity contribution in [2.24, 2.45) is 5.92 Å². The largest absolute Gasteiger partial charge is 0.354 e. The van der Waals surface area contributed by atoms with Crippen molar-refractivity contribution in [2.75, 3.05) is 17.4 Å². The first-order chi connectivity index (χ1) is 21.0. The number of benzene rings is 4. The Balaban J connectivity index is 1.79. The van der Waals surface area contributed by atoms with Gasteiger partial charge >= 0.3 is 0 Å². The van der Waals surface area contributed by atoms with Crippen LogP contribution >= 0.6 is 0 Å². The van der Waals surface area contributed by atoms with Crippen molar-refractivity contribution in [3.8, 4) is 0 Å². The van der Waals surface area contributed by atoms with Gasteiger partial charge in [0.25, 0.3) is 10.0 Å². The first kappa shape index (κ1) is 32.5. The van der Waals surface area contributed by atoms with Crippen molar-refractivity contribution >= 4 is 27.5 Å². The molecule has 7 nitrogen and oxygen atoms in total. The summed E-state index contributed by atoms with van der Waals surface area (Å²) in [5.74, 6) is -0.546. The Bertz CT molecular complexity index is 1660. The van der Waals surface area contributed by atoms with Crippen LogP contribution in [-0.2, 0) is 32.6 Å². The standard InChI is InChI=1S/C36H41N3O4S/c1-27(2)24-37-36(41)34(23-30-15-7-5-8-16-30)38(25-31-17-11-13-28(3)21-31)35(40)26-39(32-18-12-14-29(4)22-32)44(42,43)33-19-9-6-10-20-33/h5-22,27,34H,23-26H2,1-4H3,(H,37,41). The van der Waals surface area contributed by atoms with Gasteiger partial charge in [-0.25, -0.2) is 8.42 Å². The fourth-order valence-electron chi connectivity index (χ4n) is 5.02. The van der Waals surface area contributed by atoms with Crippen LogP contribution in [0.1, 0.15) is 36.1 Å². The Kier molecular flexibility index (Phi) is 11.0. The summed E-state index contributed by atoms with van der Waals surface area (Å²) in [5, 5.41) is 3.02. The first-order valence-corrected chi connectivity index (χ1v) is 16.3. The lowest BCUT2D eigenvalue weighted by Gasteiger charge is -2.34. The second-order valence-corrected chi connectivity index (χ2v) is 13.4. The van der Waals surface area contributed by atoms with Crippen LogP contribution in [0, 0.1) is 19.8 Å². The molecule has 0 radical (unpaired) electrons. The fraction of sp³-hybridized carbons (Fsp3) is 0.278. The highest BCUT2D eigenvalue weighted by molar-refractivity contribution is 7.92. The number of nitrogens with zero attached hydrogens (tertiary/aromatic N) is 2. The van der Waals surface area contributed by atoms with Crippen molar-refractivity contribution in [3.05, 3.63) is 131 Å². The molecule has 2 amide bonds. The number of nitrogens with one attached hydrogen (secondary N) is 1. The SMILES string of the molecule is Cc1cccc(CN(C(=O)CN(c2cccc(C)c2)S(=O)(=O)c2ccccc2)C(Cc2ccccc2)C(=O)NCC(C)C)c1. The Morgan fingerprint density at radius 2 is 1.34 bits per heavy atom. The van der Waals surface area contributed by atoms with Gasteiger partial charge in [-0.2, -0.15) is 0 Å². The molecule has 230 valence electrons. The van der Waals surface area contributed by atoms with Crippen LogP contribution in [0.3, 0.4) is 0 Å². The lowest BCUT2D eigenvalue weighted by atomic mass is 10.0. The molecule has 0 fully saturated rings. The topological polar surface area (TPSA) is 86.8 Å². The summed E-state index contributed by atoms with van der Waals surface area (Å²) in [4.78, 5) is 29.9. The molecule has 44 heavy (non-hydrogen) atoms. The highest BCUT2D eigenvalue weighted by atomic mass is 32.2. The molecular formula is C36H41N3O4S. The van der Waals surface area contributed by atoms with E-state index in [-0.39, 0.29) is 29.7 Å². The Morgan fingerprint density at radius 1 is 0.750 bits per heavy atom. The predicted octanol–water partition coefficient (Wildman–Crippen LogP) is 5.91. The molecule has 0 bridgehead atoms. The first-order valence-electron chi connectivity index (χ1n) is 14.9. The summed E-state index contributed by atoms with van der Waals surface area (Å²) < 4.78 is 29.3. The van der Waals surface area contributed by atoms with Gasteiger partial charge in [-0.1, -0.05) is 104 Å². The summed E-state index contributed by atoms with van der Waals surface area (Å²) in [7, 11) is -4.12. The van der Waals surface area contributed by atoms with Gasteiger partial charge in [0.15, 0.2) is 0 Å². The molecule has 0 spiro atoms. The Morgan fingerprint density at radius 3 is 1.95 bits per heavy atom. The molecule has 0 saturated heterocycles. The predicted molar refractivity (Wildman–Crippen MR) is 176 cm³/mol. The minimum Gasteiger partial charge on any atom is -0.354 e. The maximum atomic E-state index is 14.5. The number of anilines is 1. The van der Waals surface area contributed by atoms with Crippen LogP contribution in [0.2, 0.25) is 0 Å². The van der Waals surface area contributed by atoms with Crippen LogP contribution in [0.5, 0.6) is 0 Å². The summed E-state index contributed by atoms with van der Waals surface area (Å²) in [6, 6.07) is 31.6. The van der Waals surface area contributed by atoms with E-state index in [1.54, 1.807) is 36.4 Å². The van der Waals surface area contributed by atoms with Crippen LogP contribution in [0.25, 0.3) is 0 Å². The van der Waals surface area contributed by atoms with E-state index in [1.165, 1.54) is 17.0 Å². The lowest BCUT2D eigenvalue weighted by molar-refractivity contribution is -0.140. The van der Waals surface area contributed by atoms with Crippen LogP contribution in [0.4, 0.5) is 5.69 Å². The molecule has 1 N–H and O–H groups in total. The third-order valence-corrected chi connectivity index (χ3v) is 9.08. The molecular weight excluding hydrogens is 570 g/mol. The van der Waals surface area contributed by atoms with Crippen LogP contribution < -0.4 is 9.62 Å². The highest BCUT2D eigenvalue weighted by Gasteiger charge is 2.34. The molecule has 0 aliphatic heterocycles. The molecule has 4 aromatic carbocycles. The molecule has 0 aliphatic carbocycles. The number of sulfonamides is 1. The molecule has 0 heterocycles. The maximum Gasteiger partial charge on any atom is 0.264 e. The van der Waals surface area contributed by atoms with E-state index in [4.69, 9.17) is 0 Å². The molecule has 8 heteroatoms. The maximum absolute atomic E-state index is 14.5. The van der Waals surface area contributed by atoms with Gasteiger partial charge in [-0.05, 0) is 60.7 Å². The molecule has 0 aliphatic rings. The van der Waals surface area contributed by atoms with E-state index >= 15 is 0 Å². The van der Waals surface area contributed by atoms with E-state index < -0.39 is 28.5 Å². The average Bonchev–Trinajstić information content (AvgIpc) is 3.01. The third kappa shape index (κ3) is 8.57. The van der Waals surface area contributed by atoms with E-state index in [0.29, 0.717) is 12.2 Å². The number of hydrogen-bond acceptors (Lipinski definition) is 4. The summed E-state index contributed by atoms with van der Waals surface area (Å²) in [6.45, 7) is 7.98. The number of carbonyl (C=O) groups excluding carboxylic acids is 2. The summed E-state index contributed by atoms with van der Waals surface area (Å²) in [6.07, 6.45) is 0.276. The van der Waals surface area contributed by atoms with E-state index in [0.717, 1.165) is 26.6 Å². The van der Waals surface area contributed by atoms with Gasteiger partial charge in [-0.15, -0.1) is 0 Å². The molecule has 4 rings (SSSR count). The van der Waals surface area contributed by atoms with Gasteiger partial charge in [0.1, 0.15) is 12.6 Å². The van der Waals surface area contributed by atoms with Crippen molar-refractivity contribution < 1.29 is 18.0 Å². The van der Waals surface area contributed by atoms with Gasteiger partial charge in [0.05, 0.1) is 10.6 Å². The number of rotatable bonds is 13. The third-order valence-electron chi connectivity index (χ3n) is 7.29. The minimum absolute atomic E-state index is 0.0788. The number of amides is 2. The van der Waals surface area contributed by atoms with E-state index in [9.17, 15) is 18.0 Å². The molecule has 0 saturated carbocycles. The Labute approximate surface area is 261 Å². The fourth-order valence-corrected chi connectivity index (χ4v) is 6.44. The van der Waals surface area contributed by atoms with Crippen molar-refractivity contribution in [3.63, 3.8) is 0 Å². The Hall–Kier alpha value is -4.43.